The molecule has 0 aliphatic heterocycles. The van der Waals surface area contributed by atoms with Gasteiger partial charge in [0.05, 0.1) is 10.7 Å². The van der Waals surface area contributed by atoms with Crippen LogP contribution in [0.15, 0.2) is 24.3 Å². The van der Waals surface area contributed by atoms with Gasteiger partial charge in [-0.15, -0.1) is 0 Å². The number of hydrogen-bond donors (Lipinski definition) is 0. The van der Waals surface area contributed by atoms with E-state index in [1.165, 1.54) is 6.92 Å². The molecule has 29 heavy (non-hydrogen) atoms. The Morgan fingerprint density at radius 3 is 2.34 bits per heavy atom. The number of carbonyl (C=O) groups is 1. The van der Waals surface area contributed by atoms with E-state index in [9.17, 15) is 10.1 Å². The summed E-state index contributed by atoms with van der Waals surface area (Å²) >= 11 is 6.49. The van der Waals surface area contributed by atoms with E-state index in [0.717, 1.165) is 5.56 Å². The van der Waals surface area contributed by atoms with Gasteiger partial charge in [0.1, 0.15) is 17.3 Å². The number of allylic oxidation sites excluding steroid dienone is 1. The van der Waals surface area contributed by atoms with E-state index in [0.29, 0.717) is 28.5 Å². The molecule has 0 bridgehead atoms. The first kappa shape index (κ1) is 22.5. The number of hydrogen-bond acceptors (Lipinski definition) is 5. The second-order valence-electron chi connectivity index (χ2n) is 7.61. The van der Waals surface area contributed by atoms with Crippen LogP contribution in [0.1, 0.15) is 57.1 Å². The molecule has 0 amide bonds. The molecule has 7 heteroatoms. The summed E-state index contributed by atoms with van der Waals surface area (Å²) in [5.74, 6) is -0.256. The van der Waals surface area contributed by atoms with Crippen molar-refractivity contribution >= 4 is 28.9 Å². The molecule has 0 fully saturated rings. The smallest absolute Gasteiger partial charge is 0.305 e. The van der Waals surface area contributed by atoms with Crippen LogP contribution in [0, 0.1) is 18.3 Å². The minimum absolute atomic E-state index is 0.00897. The number of aryl methyl sites for hydroxylation is 2. The first-order chi connectivity index (χ1) is 13.6. The van der Waals surface area contributed by atoms with Gasteiger partial charge in [-0.2, -0.15) is 10.4 Å². The van der Waals surface area contributed by atoms with Crippen LogP contribution < -0.4 is 0 Å². The quantitative estimate of drug-likeness (QED) is 0.284. The van der Waals surface area contributed by atoms with Gasteiger partial charge in [0.2, 0.25) is 6.79 Å². The second-order valence-corrected chi connectivity index (χ2v) is 7.98. The number of carbonyl (C=O) groups excluding carboxylic acids is 1. The van der Waals surface area contributed by atoms with Gasteiger partial charge in [-0.3, -0.25) is 9.48 Å². The lowest BCUT2D eigenvalue weighted by Gasteiger charge is -2.19. The summed E-state index contributed by atoms with van der Waals surface area (Å²) in [4.78, 5) is 11.2. The Kier molecular flexibility index (Phi) is 7.10. The van der Waals surface area contributed by atoms with Gasteiger partial charge in [-0.25, -0.2) is 0 Å². The molecule has 2 rings (SSSR count). The average Bonchev–Trinajstić information content (AvgIpc) is 2.94. The molecule has 1 heterocycles. The molecule has 0 radical (unpaired) electrons. The Balaban J connectivity index is 2.65. The fourth-order valence-corrected chi connectivity index (χ4v) is 3.04. The number of ether oxygens (including phenoxy) is 2. The monoisotopic (exact) mass is 415 g/mol. The highest BCUT2D eigenvalue weighted by Gasteiger charge is 2.24. The predicted octanol–water partition coefficient (Wildman–Crippen LogP) is 5.09. The number of halogens is 1. The second kappa shape index (κ2) is 9.15. The van der Waals surface area contributed by atoms with Gasteiger partial charge >= 0.3 is 5.97 Å². The van der Waals surface area contributed by atoms with Crippen LogP contribution in [-0.4, -0.2) is 22.5 Å². The molecule has 0 aliphatic carbocycles. The van der Waals surface area contributed by atoms with Crippen molar-refractivity contribution in [1.82, 2.24) is 9.78 Å². The van der Waals surface area contributed by atoms with E-state index >= 15 is 0 Å². The van der Waals surface area contributed by atoms with E-state index in [1.54, 1.807) is 11.6 Å². The normalized spacial score (nSPS) is 12.2. The van der Waals surface area contributed by atoms with Gasteiger partial charge in [0.15, 0.2) is 5.76 Å². The maximum atomic E-state index is 11.2. The van der Waals surface area contributed by atoms with Crippen molar-refractivity contribution < 1.29 is 14.3 Å². The molecule has 0 unspecified atom stereocenters. The summed E-state index contributed by atoms with van der Waals surface area (Å²) in [6, 6.07) is 9.94. The number of nitrogens with zero attached hydrogens (tertiary/aromatic N) is 3. The molecular formula is C22H26ClN3O3. The van der Waals surface area contributed by atoms with Crippen molar-refractivity contribution in [2.75, 3.05) is 6.79 Å². The third-order valence-corrected chi connectivity index (χ3v) is 4.87. The van der Waals surface area contributed by atoms with Gasteiger partial charge in [0.25, 0.3) is 0 Å². The molecule has 0 saturated heterocycles. The van der Waals surface area contributed by atoms with E-state index in [1.807, 2.05) is 31.2 Å². The molecule has 1 aromatic heterocycles. The Morgan fingerprint density at radius 1 is 1.24 bits per heavy atom. The topological polar surface area (TPSA) is 77.1 Å². The zero-order valence-corrected chi connectivity index (χ0v) is 18.4. The van der Waals surface area contributed by atoms with Crippen LogP contribution in [0.25, 0.3) is 11.3 Å². The molecule has 2 aromatic rings. The lowest BCUT2D eigenvalue weighted by molar-refractivity contribution is -0.148. The van der Waals surface area contributed by atoms with Crippen LogP contribution in [0.3, 0.4) is 0 Å². The third kappa shape index (κ3) is 5.18. The van der Waals surface area contributed by atoms with E-state index in [-0.39, 0.29) is 23.5 Å². The molecule has 1 aromatic carbocycles. The van der Waals surface area contributed by atoms with E-state index < -0.39 is 5.97 Å². The molecular weight excluding hydrogens is 390 g/mol. The van der Waals surface area contributed by atoms with Crippen LogP contribution >= 0.6 is 11.6 Å². The molecule has 0 N–H and O–H groups in total. The highest BCUT2D eigenvalue weighted by Crippen LogP contribution is 2.34. The largest absolute Gasteiger partial charge is 0.454 e. The number of nitriles is 1. The maximum absolute atomic E-state index is 11.2. The standard InChI is InChI=1S/C22H26ClN3O3/c1-7-26-20(19(23)14(2)25-26)21(29-13-28-15(3)27)18(12-24)16-8-10-17(11-9-16)22(4,5)6/h8-11H,7,13H2,1-6H3/b21-18-. The Hall–Kier alpha value is -2.78. The summed E-state index contributed by atoms with van der Waals surface area (Å²) in [5, 5.41) is 14.7. The minimum atomic E-state index is -0.483. The van der Waals surface area contributed by atoms with Gasteiger partial charge in [-0.1, -0.05) is 56.6 Å². The first-order valence-corrected chi connectivity index (χ1v) is 9.72. The van der Waals surface area contributed by atoms with Crippen LogP contribution in [0.2, 0.25) is 5.02 Å². The third-order valence-electron chi connectivity index (χ3n) is 4.41. The van der Waals surface area contributed by atoms with Crippen LogP contribution in [-0.2, 0) is 26.2 Å². The van der Waals surface area contributed by atoms with Crippen LogP contribution in [0.5, 0.6) is 0 Å². The van der Waals surface area contributed by atoms with Gasteiger partial charge in [0, 0.05) is 13.5 Å². The number of aromatic nitrogens is 2. The SMILES string of the molecule is CCn1nc(C)c(Cl)c1/C(OCOC(C)=O)=C(\C#N)c1ccc(C(C)(C)C)cc1. The molecule has 6 nitrogen and oxygen atoms in total. The summed E-state index contributed by atoms with van der Waals surface area (Å²) in [6.45, 7) is 11.6. The summed E-state index contributed by atoms with van der Waals surface area (Å²) in [5.41, 5.74) is 3.21. The summed E-state index contributed by atoms with van der Waals surface area (Å²) in [6.07, 6.45) is 0. The number of benzene rings is 1. The lowest BCUT2D eigenvalue weighted by Crippen LogP contribution is -2.11. The van der Waals surface area contributed by atoms with Crippen molar-refractivity contribution in [1.29, 1.82) is 5.26 Å². The lowest BCUT2D eigenvalue weighted by atomic mass is 9.86. The highest BCUT2D eigenvalue weighted by atomic mass is 35.5. The van der Waals surface area contributed by atoms with Crippen molar-refractivity contribution in [3.05, 3.63) is 51.8 Å². The first-order valence-electron chi connectivity index (χ1n) is 9.34. The minimum Gasteiger partial charge on any atom is -0.454 e. The maximum Gasteiger partial charge on any atom is 0.305 e. The van der Waals surface area contributed by atoms with Gasteiger partial charge < -0.3 is 9.47 Å². The molecule has 0 aliphatic rings. The van der Waals surface area contributed by atoms with Crippen molar-refractivity contribution in [2.45, 2.75) is 53.5 Å². The van der Waals surface area contributed by atoms with Crippen molar-refractivity contribution in [2.24, 2.45) is 0 Å². The summed E-state index contributed by atoms with van der Waals surface area (Å²) < 4.78 is 12.3. The van der Waals surface area contributed by atoms with Crippen molar-refractivity contribution in [3.8, 4) is 6.07 Å². The van der Waals surface area contributed by atoms with Crippen molar-refractivity contribution in [3.63, 3.8) is 0 Å². The zero-order chi connectivity index (χ0) is 21.8. The fraction of sp³-hybridized carbons (Fsp3) is 0.409. The van der Waals surface area contributed by atoms with Crippen LogP contribution in [0.4, 0.5) is 0 Å². The Morgan fingerprint density at radius 2 is 1.86 bits per heavy atom. The van der Waals surface area contributed by atoms with E-state index in [2.05, 4.69) is 31.9 Å². The highest BCUT2D eigenvalue weighted by molar-refractivity contribution is 6.33. The average molecular weight is 416 g/mol. The Labute approximate surface area is 176 Å². The molecule has 0 atom stereocenters. The fourth-order valence-electron chi connectivity index (χ4n) is 2.82. The zero-order valence-electron chi connectivity index (χ0n) is 17.7. The van der Waals surface area contributed by atoms with Gasteiger partial charge in [-0.05, 0) is 30.4 Å². The number of esters is 1. The molecule has 0 spiro atoms. The molecule has 154 valence electrons. The molecule has 0 saturated carbocycles. The predicted molar refractivity (Wildman–Crippen MR) is 113 cm³/mol. The summed E-state index contributed by atoms with van der Waals surface area (Å²) in [7, 11) is 0. The number of rotatable bonds is 6. The van der Waals surface area contributed by atoms with E-state index in [4.69, 9.17) is 21.1 Å². The Bertz CT molecular complexity index is 961.